The molecule has 2 aliphatic rings. The van der Waals surface area contributed by atoms with Crippen LogP contribution in [0.3, 0.4) is 0 Å². The first-order valence-corrected chi connectivity index (χ1v) is 10.3. The number of carbonyl (C=O) groups is 1. The van der Waals surface area contributed by atoms with Crippen molar-refractivity contribution in [2.24, 2.45) is 0 Å². The van der Waals surface area contributed by atoms with Crippen LogP contribution in [0, 0.1) is 11.6 Å². The smallest absolute Gasteiger partial charge is 0.234 e. The third kappa shape index (κ3) is 4.33. The lowest BCUT2D eigenvalue weighted by atomic mass is 9.93. The fraction of sp³-hybridized carbons (Fsp3) is 0.524. The van der Waals surface area contributed by atoms with E-state index in [1.54, 1.807) is 6.20 Å². The number of carbonyl (C=O) groups excluding carboxylic acids is 1. The summed E-state index contributed by atoms with van der Waals surface area (Å²) in [4.78, 5) is 17.2. The SMILES string of the molecule is CCN1CCN(CC(=O)N[C@H]2CCCc3c2cnn3-c2ccc(F)cc2F)CC1. The first-order chi connectivity index (χ1) is 14.0. The molecule has 1 aliphatic heterocycles. The lowest BCUT2D eigenvalue weighted by Crippen LogP contribution is -2.49. The second kappa shape index (κ2) is 8.59. The molecule has 0 radical (unpaired) electrons. The minimum Gasteiger partial charge on any atom is -0.348 e. The van der Waals surface area contributed by atoms with Crippen LogP contribution >= 0.6 is 0 Å². The first kappa shape index (κ1) is 20.0. The van der Waals surface area contributed by atoms with Gasteiger partial charge in [0.2, 0.25) is 5.91 Å². The highest BCUT2D eigenvalue weighted by molar-refractivity contribution is 5.78. The standard InChI is InChI=1S/C21H27F2N5O/c1-2-26-8-10-27(11-9-26)14-21(29)25-18-4-3-5-19-16(18)13-24-28(19)20-7-6-15(22)12-17(20)23/h6-7,12-13,18H,2-5,8-11,14H2,1H3,(H,25,29)/t18-/m0/s1. The van der Waals surface area contributed by atoms with Crippen molar-refractivity contribution < 1.29 is 13.6 Å². The Morgan fingerprint density at radius 1 is 1.21 bits per heavy atom. The van der Waals surface area contributed by atoms with Gasteiger partial charge in [-0.3, -0.25) is 9.69 Å². The third-order valence-electron chi connectivity index (χ3n) is 5.94. The Morgan fingerprint density at radius 2 is 1.97 bits per heavy atom. The van der Waals surface area contributed by atoms with Crippen molar-refractivity contribution >= 4 is 5.91 Å². The van der Waals surface area contributed by atoms with Gasteiger partial charge >= 0.3 is 0 Å². The Bertz CT molecular complexity index is 876. The molecule has 6 nitrogen and oxygen atoms in total. The largest absolute Gasteiger partial charge is 0.348 e. The summed E-state index contributed by atoms with van der Waals surface area (Å²) in [7, 11) is 0. The number of benzene rings is 1. The molecule has 1 atom stereocenters. The molecule has 0 unspecified atom stereocenters. The molecule has 1 aromatic heterocycles. The number of aromatic nitrogens is 2. The molecule has 8 heteroatoms. The summed E-state index contributed by atoms with van der Waals surface area (Å²) in [5.74, 6) is -1.25. The number of amides is 1. The molecule has 2 heterocycles. The highest BCUT2D eigenvalue weighted by atomic mass is 19.1. The van der Waals surface area contributed by atoms with Crippen LogP contribution in [0.4, 0.5) is 8.78 Å². The number of nitrogens with zero attached hydrogens (tertiary/aromatic N) is 4. The maximum atomic E-state index is 14.2. The monoisotopic (exact) mass is 403 g/mol. The number of halogens is 2. The molecule has 2 aromatic rings. The van der Waals surface area contributed by atoms with Crippen molar-refractivity contribution in [2.45, 2.75) is 32.2 Å². The number of hydrogen-bond acceptors (Lipinski definition) is 4. The molecule has 1 aliphatic carbocycles. The van der Waals surface area contributed by atoms with Crippen LogP contribution in [0.2, 0.25) is 0 Å². The van der Waals surface area contributed by atoms with Gasteiger partial charge in [-0.15, -0.1) is 0 Å². The van der Waals surface area contributed by atoms with Crippen molar-refractivity contribution in [1.82, 2.24) is 24.9 Å². The number of rotatable bonds is 5. The Labute approximate surface area is 169 Å². The number of nitrogens with one attached hydrogen (secondary N) is 1. The van der Waals surface area contributed by atoms with E-state index in [0.29, 0.717) is 6.54 Å². The molecule has 1 N–H and O–H groups in total. The summed E-state index contributed by atoms with van der Waals surface area (Å²) in [6.07, 6.45) is 4.15. The molecule has 29 heavy (non-hydrogen) atoms. The fourth-order valence-electron chi connectivity index (χ4n) is 4.27. The van der Waals surface area contributed by atoms with Crippen molar-refractivity contribution in [2.75, 3.05) is 39.3 Å². The van der Waals surface area contributed by atoms with Gasteiger partial charge in [0.25, 0.3) is 0 Å². The van der Waals surface area contributed by atoms with Crippen molar-refractivity contribution in [3.05, 3.63) is 47.3 Å². The number of fused-ring (bicyclic) bond motifs is 1. The zero-order valence-corrected chi connectivity index (χ0v) is 16.7. The van der Waals surface area contributed by atoms with Crippen LogP contribution < -0.4 is 5.32 Å². The van der Waals surface area contributed by atoms with E-state index < -0.39 is 11.6 Å². The Hall–Kier alpha value is -2.32. The maximum Gasteiger partial charge on any atom is 0.234 e. The first-order valence-electron chi connectivity index (χ1n) is 10.3. The van der Waals surface area contributed by atoms with E-state index in [-0.39, 0.29) is 17.6 Å². The van der Waals surface area contributed by atoms with Crippen molar-refractivity contribution in [3.8, 4) is 5.69 Å². The molecule has 156 valence electrons. The molecular formula is C21H27F2N5O. The van der Waals surface area contributed by atoms with Gasteiger partial charge in [-0.1, -0.05) is 6.92 Å². The van der Waals surface area contributed by atoms with Crippen LogP contribution in [0.15, 0.2) is 24.4 Å². The maximum absolute atomic E-state index is 14.2. The minimum atomic E-state index is -0.645. The summed E-state index contributed by atoms with van der Waals surface area (Å²) in [5, 5.41) is 7.47. The lowest BCUT2D eigenvalue weighted by Gasteiger charge is -2.34. The third-order valence-corrected chi connectivity index (χ3v) is 5.94. The summed E-state index contributed by atoms with van der Waals surface area (Å²) in [5.41, 5.74) is 2.03. The van der Waals surface area contributed by atoms with Gasteiger partial charge in [-0.25, -0.2) is 13.5 Å². The van der Waals surface area contributed by atoms with Crippen LogP contribution in [0.5, 0.6) is 0 Å². The van der Waals surface area contributed by atoms with E-state index in [1.165, 1.54) is 16.8 Å². The van der Waals surface area contributed by atoms with Gasteiger partial charge in [-0.2, -0.15) is 5.10 Å². The Kier molecular flexibility index (Phi) is 5.91. The second-order valence-corrected chi connectivity index (χ2v) is 7.78. The Balaban J connectivity index is 1.44. The van der Waals surface area contributed by atoms with Gasteiger partial charge in [0.15, 0.2) is 5.82 Å². The Morgan fingerprint density at radius 3 is 2.69 bits per heavy atom. The number of hydrogen-bond donors (Lipinski definition) is 1. The molecule has 0 bridgehead atoms. The zero-order valence-electron chi connectivity index (χ0n) is 16.7. The molecule has 0 saturated carbocycles. The van der Waals surface area contributed by atoms with Gasteiger partial charge in [0, 0.05) is 43.5 Å². The van der Waals surface area contributed by atoms with Crippen LogP contribution in [-0.4, -0.2) is 64.8 Å². The molecule has 4 rings (SSSR count). The van der Waals surface area contributed by atoms with Crippen molar-refractivity contribution in [1.29, 1.82) is 0 Å². The van der Waals surface area contributed by atoms with E-state index in [2.05, 4.69) is 27.1 Å². The average molecular weight is 403 g/mol. The van der Waals surface area contributed by atoms with Crippen molar-refractivity contribution in [3.63, 3.8) is 0 Å². The van der Waals surface area contributed by atoms with Gasteiger partial charge in [-0.05, 0) is 37.9 Å². The van der Waals surface area contributed by atoms with Crippen LogP contribution in [0.1, 0.15) is 37.1 Å². The predicted molar refractivity (Wildman–Crippen MR) is 106 cm³/mol. The molecule has 1 amide bonds. The quantitative estimate of drug-likeness (QED) is 0.832. The molecular weight excluding hydrogens is 376 g/mol. The fourth-order valence-corrected chi connectivity index (χ4v) is 4.27. The topological polar surface area (TPSA) is 53.4 Å². The predicted octanol–water partition coefficient (Wildman–Crippen LogP) is 2.28. The number of likely N-dealkylation sites (N-methyl/N-ethyl adjacent to an activating group) is 1. The summed E-state index contributed by atoms with van der Waals surface area (Å²) >= 11 is 0. The molecule has 1 saturated heterocycles. The van der Waals surface area contributed by atoms with Crippen LogP contribution in [-0.2, 0) is 11.2 Å². The lowest BCUT2D eigenvalue weighted by molar-refractivity contribution is -0.123. The van der Waals surface area contributed by atoms with Gasteiger partial charge in [0.05, 0.1) is 18.8 Å². The average Bonchev–Trinajstić information content (AvgIpc) is 3.13. The normalized spacial score (nSPS) is 20.4. The van der Waals surface area contributed by atoms with Crippen LogP contribution in [0.25, 0.3) is 5.69 Å². The highest BCUT2D eigenvalue weighted by Gasteiger charge is 2.27. The molecule has 0 spiro atoms. The zero-order chi connectivity index (χ0) is 20.4. The van der Waals surface area contributed by atoms with E-state index >= 15 is 0 Å². The van der Waals surface area contributed by atoms with E-state index in [4.69, 9.17) is 0 Å². The summed E-state index contributed by atoms with van der Waals surface area (Å²) < 4.78 is 29.0. The van der Waals surface area contributed by atoms with E-state index in [9.17, 15) is 13.6 Å². The molecule has 1 aromatic carbocycles. The summed E-state index contributed by atoms with van der Waals surface area (Å²) in [6.45, 7) is 7.38. The highest BCUT2D eigenvalue weighted by Crippen LogP contribution is 2.31. The minimum absolute atomic E-state index is 0.00788. The van der Waals surface area contributed by atoms with E-state index in [0.717, 1.165) is 69.3 Å². The molecule has 1 fully saturated rings. The van der Waals surface area contributed by atoms with Gasteiger partial charge < -0.3 is 10.2 Å². The van der Waals surface area contributed by atoms with Gasteiger partial charge in [0.1, 0.15) is 11.5 Å². The second-order valence-electron chi connectivity index (χ2n) is 7.78. The van der Waals surface area contributed by atoms with E-state index in [1.807, 2.05) is 0 Å². The summed E-state index contributed by atoms with van der Waals surface area (Å²) in [6, 6.07) is 3.37. The number of piperazine rings is 1.